The Bertz CT molecular complexity index is 561. The predicted molar refractivity (Wildman–Crippen MR) is 80.5 cm³/mol. The number of furan rings is 1. The molecule has 22 heavy (non-hydrogen) atoms. The quantitative estimate of drug-likeness (QED) is 0.617. The molecule has 0 bridgehead atoms. The molecule has 1 amide bonds. The van der Waals surface area contributed by atoms with Crippen LogP contribution in [-0.4, -0.2) is 43.8 Å². The Kier molecular flexibility index (Phi) is 5.63. The van der Waals surface area contributed by atoms with Crippen LogP contribution in [-0.2, 0) is 9.47 Å². The van der Waals surface area contributed by atoms with Gasteiger partial charge in [0, 0.05) is 13.1 Å². The van der Waals surface area contributed by atoms with Gasteiger partial charge in [0.15, 0.2) is 0 Å². The Morgan fingerprint density at radius 3 is 2.86 bits per heavy atom. The van der Waals surface area contributed by atoms with Crippen molar-refractivity contribution in [1.29, 1.82) is 0 Å². The largest absolute Gasteiger partial charge is 0.465 e. The number of amides is 1. The third-order valence-corrected chi connectivity index (χ3v) is 3.55. The topological polar surface area (TPSA) is 69.0 Å². The maximum atomic E-state index is 11.9. The number of esters is 1. The Labute approximate surface area is 129 Å². The second-order valence-electron chi connectivity index (χ2n) is 5.05. The number of hydrogen-bond donors (Lipinski definition) is 0. The van der Waals surface area contributed by atoms with Crippen molar-refractivity contribution < 1.29 is 23.5 Å². The van der Waals surface area contributed by atoms with Gasteiger partial charge in [0.1, 0.15) is 11.3 Å². The molecule has 0 spiro atoms. The van der Waals surface area contributed by atoms with Gasteiger partial charge >= 0.3 is 12.1 Å². The van der Waals surface area contributed by atoms with E-state index in [1.807, 2.05) is 13.0 Å². The normalized spacial score (nSPS) is 14.5. The zero-order valence-corrected chi connectivity index (χ0v) is 13.0. The van der Waals surface area contributed by atoms with Crippen molar-refractivity contribution >= 4 is 17.6 Å². The highest BCUT2D eigenvalue weighted by atomic mass is 16.6. The van der Waals surface area contributed by atoms with E-state index in [4.69, 9.17) is 13.9 Å². The molecule has 6 nitrogen and oxygen atoms in total. The maximum Gasteiger partial charge on any atom is 0.410 e. The van der Waals surface area contributed by atoms with Crippen LogP contribution in [0.1, 0.15) is 42.3 Å². The van der Waals surface area contributed by atoms with Crippen molar-refractivity contribution in [1.82, 2.24) is 4.90 Å². The van der Waals surface area contributed by atoms with E-state index in [9.17, 15) is 9.59 Å². The van der Waals surface area contributed by atoms with Gasteiger partial charge in [0.25, 0.3) is 0 Å². The minimum absolute atomic E-state index is 0.295. The molecule has 2 heterocycles. The summed E-state index contributed by atoms with van der Waals surface area (Å²) in [5, 5.41) is 0. The standard InChI is InChI=1S/C16H21NO5/c1-3-4-10-22-16(19)17-8-5-12(6-9-17)14-13(7-11-21-14)15(18)20-2/h5,7,11H,3-4,6,8-10H2,1-2H3. The van der Waals surface area contributed by atoms with Crippen molar-refractivity contribution in [2.45, 2.75) is 26.2 Å². The Morgan fingerprint density at radius 2 is 2.23 bits per heavy atom. The number of nitrogens with zero attached hydrogens (tertiary/aromatic N) is 1. The minimum atomic E-state index is -0.425. The van der Waals surface area contributed by atoms with Crippen LogP contribution in [0.25, 0.3) is 5.57 Å². The lowest BCUT2D eigenvalue weighted by atomic mass is 10.0. The molecule has 0 aliphatic carbocycles. The molecule has 1 aliphatic heterocycles. The fraction of sp³-hybridized carbons (Fsp3) is 0.500. The van der Waals surface area contributed by atoms with Gasteiger partial charge in [0.2, 0.25) is 0 Å². The summed E-state index contributed by atoms with van der Waals surface area (Å²) in [6, 6.07) is 1.59. The van der Waals surface area contributed by atoms with Crippen molar-refractivity contribution in [3.05, 3.63) is 29.7 Å². The molecule has 1 aromatic heterocycles. The summed E-state index contributed by atoms with van der Waals surface area (Å²) in [7, 11) is 1.34. The smallest absolute Gasteiger partial charge is 0.410 e. The highest BCUT2D eigenvalue weighted by Gasteiger charge is 2.24. The van der Waals surface area contributed by atoms with Crippen LogP contribution in [0, 0.1) is 0 Å². The van der Waals surface area contributed by atoms with E-state index in [-0.39, 0.29) is 6.09 Å². The molecule has 2 rings (SSSR count). The Balaban J connectivity index is 1.98. The van der Waals surface area contributed by atoms with Gasteiger partial charge in [-0.1, -0.05) is 19.4 Å². The van der Waals surface area contributed by atoms with Crippen LogP contribution in [0.3, 0.4) is 0 Å². The molecule has 0 atom stereocenters. The van der Waals surface area contributed by atoms with Crippen LogP contribution in [0.2, 0.25) is 0 Å². The molecule has 0 saturated heterocycles. The number of unbranched alkanes of at least 4 members (excludes halogenated alkanes) is 1. The summed E-state index contributed by atoms with van der Waals surface area (Å²) in [5.41, 5.74) is 1.32. The molecule has 0 unspecified atom stereocenters. The fourth-order valence-electron chi connectivity index (χ4n) is 2.26. The number of carbonyl (C=O) groups is 2. The number of rotatable bonds is 5. The van der Waals surface area contributed by atoms with Gasteiger partial charge in [-0.15, -0.1) is 0 Å². The maximum absolute atomic E-state index is 11.9. The summed E-state index contributed by atoms with van der Waals surface area (Å²) in [6.07, 6.45) is 5.53. The molecule has 1 aromatic rings. The van der Waals surface area contributed by atoms with Crippen molar-refractivity contribution in [2.24, 2.45) is 0 Å². The summed E-state index contributed by atoms with van der Waals surface area (Å²) < 4.78 is 15.3. The second-order valence-corrected chi connectivity index (χ2v) is 5.05. The first kappa shape index (κ1) is 16.1. The van der Waals surface area contributed by atoms with E-state index in [1.54, 1.807) is 11.0 Å². The Hall–Kier alpha value is -2.24. The summed E-state index contributed by atoms with van der Waals surface area (Å²) in [5.74, 6) is 0.0944. The van der Waals surface area contributed by atoms with Crippen molar-refractivity contribution in [2.75, 3.05) is 26.8 Å². The van der Waals surface area contributed by atoms with Gasteiger partial charge in [-0.3, -0.25) is 0 Å². The highest BCUT2D eigenvalue weighted by Crippen LogP contribution is 2.27. The molecule has 0 fully saturated rings. The first-order valence-corrected chi connectivity index (χ1v) is 7.44. The minimum Gasteiger partial charge on any atom is -0.465 e. The summed E-state index contributed by atoms with van der Waals surface area (Å²) in [6.45, 7) is 3.48. The van der Waals surface area contributed by atoms with Gasteiger partial charge in [0.05, 0.1) is 20.0 Å². The lowest BCUT2D eigenvalue weighted by Crippen LogP contribution is -2.35. The van der Waals surface area contributed by atoms with Crippen LogP contribution in [0.5, 0.6) is 0 Å². The molecule has 0 saturated carbocycles. The summed E-state index contributed by atoms with van der Waals surface area (Å²) >= 11 is 0. The van der Waals surface area contributed by atoms with E-state index < -0.39 is 5.97 Å². The molecule has 0 radical (unpaired) electrons. The summed E-state index contributed by atoms with van der Waals surface area (Å²) in [4.78, 5) is 25.2. The number of ether oxygens (including phenoxy) is 2. The lowest BCUT2D eigenvalue weighted by molar-refractivity contribution is 0.0599. The molecular formula is C16H21NO5. The SMILES string of the molecule is CCCCOC(=O)N1CC=C(c2occc2C(=O)OC)CC1. The molecule has 6 heteroatoms. The fourth-order valence-corrected chi connectivity index (χ4v) is 2.26. The molecular weight excluding hydrogens is 286 g/mol. The van der Waals surface area contributed by atoms with E-state index in [0.29, 0.717) is 37.4 Å². The third-order valence-electron chi connectivity index (χ3n) is 3.55. The Morgan fingerprint density at radius 1 is 1.41 bits per heavy atom. The van der Waals surface area contributed by atoms with Gasteiger partial charge in [-0.25, -0.2) is 9.59 Å². The van der Waals surface area contributed by atoms with Gasteiger partial charge in [-0.2, -0.15) is 0 Å². The molecule has 0 N–H and O–H groups in total. The zero-order chi connectivity index (χ0) is 15.9. The zero-order valence-electron chi connectivity index (χ0n) is 13.0. The van der Waals surface area contributed by atoms with Gasteiger partial charge < -0.3 is 18.8 Å². The predicted octanol–water partition coefficient (Wildman–Crippen LogP) is 3.09. The molecule has 0 aromatic carbocycles. The first-order chi connectivity index (χ1) is 10.7. The second kappa shape index (κ2) is 7.68. The number of methoxy groups -OCH3 is 1. The van der Waals surface area contributed by atoms with Crippen molar-refractivity contribution in [3.63, 3.8) is 0 Å². The monoisotopic (exact) mass is 307 g/mol. The molecule has 120 valence electrons. The van der Waals surface area contributed by atoms with E-state index >= 15 is 0 Å². The van der Waals surface area contributed by atoms with Crippen LogP contribution in [0.4, 0.5) is 4.79 Å². The van der Waals surface area contributed by atoms with Crippen molar-refractivity contribution in [3.8, 4) is 0 Å². The van der Waals surface area contributed by atoms with E-state index in [1.165, 1.54) is 13.4 Å². The number of hydrogen-bond acceptors (Lipinski definition) is 5. The van der Waals surface area contributed by atoms with E-state index in [2.05, 4.69) is 0 Å². The van der Waals surface area contributed by atoms with Crippen LogP contribution >= 0.6 is 0 Å². The van der Waals surface area contributed by atoms with E-state index in [0.717, 1.165) is 18.4 Å². The van der Waals surface area contributed by atoms with Crippen LogP contribution < -0.4 is 0 Å². The van der Waals surface area contributed by atoms with Gasteiger partial charge in [-0.05, 0) is 24.5 Å². The lowest BCUT2D eigenvalue weighted by Gasteiger charge is -2.25. The first-order valence-electron chi connectivity index (χ1n) is 7.44. The number of carbonyl (C=O) groups excluding carboxylic acids is 2. The average Bonchev–Trinajstić information content (AvgIpc) is 3.04. The third kappa shape index (κ3) is 3.69. The van der Waals surface area contributed by atoms with Crippen LogP contribution in [0.15, 0.2) is 22.8 Å². The average molecular weight is 307 g/mol. The highest BCUT2D eigenvalue weighted by molar-refractivity contribution is 5.94. The molecule has 1 aliphatic rings.